The molecule has 7 nitrogen and oxygen atoms in total. The van der Waals surface area contributed by atoms with Crippen molar-refractivity contribution >= 4 is 27.5 Å². The van der Waals surface area contributed by atoms with Gasteiger partial charge in [0.05, 0.1) is 4.90 Å². The molecule has 138 valence electrons. The smallest absolute Gasteiger partial charge is 0.251 e. The van der Waals surface area contributed by atoms with Gasteiger partial charge in [-0.05, 0) is 36.8 Å². The molecule has 0 radical (unpaired) electrons. The molecule has 2 aromatic rings. The number of carbonyl (C=O) groups is 2. The maximum atomic E-state index is 12.1. The summed E-state index contributed by atoms with van der Waals surface area (Å²) in [7, 11) is -2.11. The first-order valence-electron chi connectivity index (χ1n) is 8.01. The molecule has 0 aliphatic heterocycles. The molecule has 26 heavy (non-hydrogen) atoms. The Kier molecular flexibility index (Phi) is 6.48. The van der Waals surface area contributed by atoms with Crippen LogP contribution < -0.4 is 15.4 Å². The van der Waals surface area contributed by atoms with Gasteiger partial charge in [-0.15, -0.1) is 0 Å². The number of amides is 2. The van der Waals surface area contributed by atoms with Crippen LogP contribution in [0.1, 0.15) is 22.3 Å². The predicted octanol–water partition coefficient (Wildman–Crippen LogP) is 1.66. The van der Waals surface area contributed by atoms with Crippen molar-refractivity contribution in [2.75, 3.05) is 18.9 Å². The van der Waals surface area contributed by atoms with Gasteiger partial charge < -0.3 is 10.6 Å². The van der Waals surface area contributed by atoms with E-state index < -0.39 is 10.0 Å². The van der Waals surface area contributed by atoms with E-state index in [4.69, 9.17) is 0 Å². The van der Waals surface area contributed by atoms with Crippen molar-refractivity contribution in [1.29, 1.82) is 0 Å². The fraction of sp³-hybridized carbons (Fsp3) is 0.222. The van der Waals surface area contributed by atoms with E-state index in [-0.39, 0.29) is 29.7 Å². The monoisotopic (exact) mass is 375 g/mol. The average molecular weight is 375 g/mol. The van der Waals surface area contributed by atoms with Gasteiger partial charge in [-0.1, -0.05) is 24.3 Å². The fourth-order valence-corrected chi connectivity index (χ4v) is 3.40. The van der Waals surface area contributed by atoms with Gasteiger partial charge in [0.1, 0.15) is 0 Å². The standard InChI is InChI=1S/C18H21N3O4S/c1-13-15(18(23)19-2)9-6-10-16(13)21-17(22)11-12-20-26(24,25)14-7-4-3-5-8-14/h3-10,20H,11-12H2,1-2H3,(H,19,23)(H,21,22). The molecule has 0 aromatic heterocycles. The minimum Gasteiger partial charge on any atom is -0.355 e. The fourth-order valence-electron chi connectivity index (χ4n) is 2.35. The van der Waals surface area contributed by atoms with Gasteiger partial charge >= 0.3 is 0 Å². The van der Waals surface area contributed by atoms with Gasteiger partial charge in [0, 0.05) is 31.3 Å². The quantitative estimate of drug-likeness (QED) is 0.684. The van der Waals surface area contributed by atoms with Crippen molar-refractivity contribution in [3.05, 3.63) is 59.7 Å². The second-order valence-corrected chi connectivity index (χ2v) is 7.33. The zero-order valence-corrected chi connectivity index (χ0v) is 15.4. The Morgan fingerprint density at radius 3 is 2.35 bits per heavy atom. The second kappa shape index (κ2) is 8.59. The van der Waals surface area contributed by atoms with E-state index >= 15 is 0 Å². The zero-order valence-electron chi connectivity index (χ0n) is 14.6. The number of hydrogen-bond donors (Lipinski definition) is 3. The van der Waals surface area contributed by atoms with Crippen LogP contribution in [0, 0.1) is 6.92 Å². The summed E-state index contributed by atoms with van der Waals surface area (Å²) < 4.78 is 26.6. The van der Waals surface area contributed by atoms with Gasteiger partial charge in [-0.25, -0.2) is 13.1 Å². The van der Waals surface area contributed by atoms with Crippen LogP contribution in [-0.4, -0.2) is 33.8 Å². The second-order valence-electron chi connectivity index (χ2n) is 5.57. The van der Waals surface area contributed by atoms with E-state index in [0.29, 0.717) is 16.8 Å². The van der Waals surface area contributed by atoms with E-state index in [9.17, 15) is 18.0 Å². The number of nitrogens with one attached hydrogen (secondary N) is 3. The normalized spacial score (nSPS) is 11.0. The molecule has 3 N–H and O–H groups in total. The van der Waals surface area contributed by atoms with Crippen molar-refractivity contribution in [3.63, 3.8) is 0 Å². The Morgan fingerprint density at radius 2 is 1.69 bits per heavy atom. The Hall–Kier alpha value is -2.71. The largest absolute Gasteiger partial charge is 0.355 e. The van der Waals surface area contributed by atoms with Gasteiger partial charge in [-0.3, -0.25) is 9.59 Å². The lowest BCUT2D eigenvalue weighted by Crippen LogP contribution is -2.28. The van der Waals surface area contributed by atoms with Crippen molar-refractivity contribution in [3.8, 4) is 0 Å². The predicted molar refractivity (Wildman–Crippen MR) is 99.4 cm³/mol. The summed E-state index contributed by atoms with van der Waals surface area (Å²) in [6.45, 7) is 1.70. The van der Waals surface area contributed by atoms with Crippen LogP contribution >= 0.6 is 0 Å². The Balaban J connectivity index is 1.95. The van der Waals surface area contributed by atoms with Gasteiger partial charge in [0.15, 0.2) is 0 Å². The average Bonchev–Trinajstić information content (AvgIpc) is 2.63. The Morgan fingerprint density at radius 1 is 1.00 bits per heavy atom. The third kappa shape index (κ3) is 4.90. The number of hydrogen-bond acceptors (Lipinski definition) is 4. The van der Waals surface area contributed by atoms with Crippen molar-refractivity contribution in [2.24, 2.45) is 0 Å². The molecule has 0 atom stereocenters. The van der Waals surface area contributed by atoms with Crippen molar-refractivity contribution in [2.45, 2.75) is 18.2 Å². The van der Waals surface area contributed by atoms with Gasteiger partial charge in [0.2, 0.25) is 15.9 Å². The van der Waals surface area contributed by atoms with E-state index in [1.807, 2.05) is 0 Å². The molecule has 0 saturated carbocycles. The summed E-state index contributed by atoms with van der Waals surface area (Å²) in [6, 6.07) is 13.0. The molecule has 8 heteroatoms. The summed E-state index contributed by atoms with van der Waals surface area (Å²) in [4.78, 5) is 24.0. The van der Waals surface area contributed by atoms with Crippen molar-refractivity contribution < 1.29 is 18.0 Å². The van der Waals surface area contributed by atoms with E-state index in [1.165, 1.54) is 19.2 Å². The zero-order chi connectivity index (χ0) is 19.2. The van der Waals surface area contributed by atoms with Crippen LogP contribution in [0.15, 0.2) is 53.4 Å². The molecule has 0 aliphatic carbocycles. The molecule has 0 bridgehead atoms. The molecule has 0 fully saturated rings. The summed E-state index contributed by atoms with van der Waals surface area (Å²) in [6.07, 6.45) is -0.0320. The first kappa shape index (κ1) is 19.6. The molecule has 2 amide bonds. The van der Waals surface area contributed by atoms with E-state index in [0.717, 1.165) is 0 Å². The van der Waals surface area contributed by atoms with Gasteiger partial charge in [-0.2, -0.15) is 0 Å². The third-order valence-electron chi connectivity index (χ3n) is 3.78. The van der Waals surface area contributed by atoms with E-state index in [1.54, 1.807) is 43.3 Å². The highest BCUT2D eigenvalue weighted by Gasteiger charge is 2.15. The highest BCUT2D eigenvalue weighted by Crippen LogP contribution is 2.19. The maximum absolute atomic E-state index is 12.1. The number of carbonyl (C=O) groups excluding carboxylic acids is 2. The first-order valence-corrected chi connectivity index (χ1v) is 9.49. The van der Waals surface area contributed by atoms with Crippen LogP contribution in [-0.2, 0) is 14.8 Å². The van der Waals surface area contributed by atoms with Gasteiger partial charge in [0.25, 0.3) is 5.91 Å². The summed E-state index contributed by atoms with van der Waals surface area (Å²) in [5, 5.41) is 5.24. The van der Waals surface area contributed by atoms with E-state index in [2.05, 4.69) is 15.4 Å². The minimum absolute atomic E-state index is 0.0305. The molecule has 2 rings (SSSR count). The lowest BCUT2D eigenvalue weighted by Gasteiger charge is -2.12. The number of rotatable bonds is 7. The molecular formula is C18H21N3O4S. The molecule has 0 heterocycles. The number of benzene rings is 2. The Bertz CT molecular complexity index is 896. The topological polar surface area (TPSA) is 104 Å². The molecule has 2 aromatic carbocycles. The first-order chi connectivity index (χ1) is 12.3. The highest BCUT2D eigenvalue weighted by molar-refractivity contribution is 7.89. The molecule has 0 unspecified atom stereocenters. The molecule has 0 spiro atoms. The van der Waals surface area contributed by atoms with Crippen LogP contribution in [0.4, 0.5) is 5.69 Å². The van der Waals surface area contributed by atoms with Crippen LogP contribution in [0.2, 0.25) is 0 Å². The molecule has 0 saturated heterocycles. The SMILES string of the molecule is CNC(=O)c1cccc(NC(=O)CCNS(=O)(=O)c2ccccc2)c1C. The Labute approximate surface area is 152 Å². The lowest BCUT2D eigenvalue weighted by atomic mass is 10.1. The van der Waals surface area contributed by atoms with Crippen LogP contribution in [0.5, 0.6) is 0 Å². The third-order valence-corrected chi connectivity index (χ3v) is 5.25. The maximum Gasteiger partial charge on any atom is 0.251 e. The summed E-state index contributed by atoms with van der Waals surface area (Å²) >= 11 is 0. The summed E-state index contributed by atoms with van der Waals surface area (Å²) in [5.74, 6) is -0.591. The number of sulfonamides is 1. The minimum atomic E-state index is -3.64. The summed E-state index contributed by atoms with van der Waals surface area (Å²) in [5.41, 5.74) is 1.63. The van der Waals surface area contributed by atoms with Crippen LogP contribution in [0.3, 0.4) is 0 Å². The molecular weight excluding hydrogens is 354 g/mol. The van der Waals surface area contributed by atoms with Crippen molar-refractivity contribution in [1.82, 2.24) is 10.0 Å². The number of anilines is 1. The highest BCUT2D eigenvalue weighted by atomic mass is 32.2. The molecule has 0 aliphatic rings. The lowest BCUT2D eigenvalue weighted by molar-refractivity contribution is -0.116. The van der Waals surface area contributed by atoms with Crippen LogP contribution in [0.25, 0.3) is 0 Å².